The summed E-state index contributed by atoms with van der Waals surface area (Å²) in [5.74, 6) is -1.82. The van der Waals surface area contributed by atoms with Crippen LogP contribution in [0.4, 0.5) is 0 Å². The lowest BCUT2D eigenvalue weighted by Crippen LogP contribution is -2.51. The van der Waals surface area contributed by atoms with Crippen LogP contribution in [0.3, 0.4) is 0 Å². The molecule has 0 heterocycles. The van der Waals surface area contributed by atoms with Crippen LogP contribution in [0.15, 0.2) is 0 Å². The minimum Gasteiger partial charge on any atom is -0.481 e. The van der Waals surface area contributed by atoms with Crippen molar-refractivity contribution in [3.63, 3.8) is 0 Å². The van der Waals surface area contributed by atoms with Crippen molar-refractivity contribution < 1.29 is 40.2 Å². The average molecular weight is 309 g/mol. The summed E-state index contributed by atoms with van der Waals surface area (Å²) >= 11 is 0. The van der Waals surface area contributed by atoms with Gasteiger partial charge in [-0.2, -0.15) is 0 Å². The largest absolute Gasteiger partial charge is 0.481 e. The fraction of sp³-hybridized carbons (Fsp3) is 0.833. The highest BCUT2D eigenvalue weighted by Gasteiger charge is 2.33. The molecule has 0 radical (unpaired) electrons. The van der Waals surface area contributed by atoms with Crippen LogP contribution in [-0.4, -0.2) is 80.1 Å². The van der Waals surface area contributed by atoms with Gasteiger partial charge < -0.3 is 36.0 Å². The highest BCUT2D eigenvalue weighted by molar-refractivity contribution is 5.81. The van der Waals surface area contributed by atoms with Gasteiger partial charge in [-0.3, -0.25) is 9.59 Å². The summed E-state index contributed by atoms with van der Waals surface area (Å²) in [7, 11) is 0. The van der Waals surface area contributed by atoms with Gasteiger partial charge in [0.05, 0.1) is 6.61 Å². The molecule has 124 valence electrons. The third-order valence-electron chi connectivity index (χ3n) is 2.89. The zero-order chi connectivity index (χ0) is 16.4. The molecule has 0 rings (SSSR count). The first-order valence-corrected chi connectivity index (χ1v) is 6.63. The number of carboxylic acid groups (broad SMARTS) is 1. The minimum atomic E-state index is -1.94. The number of nitrogens with one attached hydrogen (secondary N) is 1. The van der Waals surface area contributed by atoms with E-state index < -0.39 is 42.9 Å². The van der Waals surface area contributed by atoms with E-state index in [2.05, 4.69) is 5.32 Å². The molecule has 0 saturated heterocycles. The topological polar surface area (TPSA) is 168 Å². The zero-order valence-electron chi connectivity index (χ0n) is 11.6. The van der Waals surface area contributed by atoms with Gasteiger partial charge in [0.1, 0.15) is 18.3 Å². The predicted molar refractivity (Wildman–Crippen MR) is 70.2 cm³/mol. The van der Waals surface area contributed by atoms with E-state index in [-0.39, 0.29) is 13.0 Å². The van der Waals surface area contributed by atoms with Crippen LogP contribution in [0.25, 0.3) is 0 Å². The van der Waals surface area contributed by atoms with Gasteiger partial charge in [0.2, 0.25) is 0 Å². The summed E-state index contributed by atoms with van der Waals surface area (Å²) in [5.41, 5.74) is 0. The van der Waals surface area contributed by atoms with E-state index >= 15 is 0 Å². The summed E-state index contributed by atoms with van der Waals surface area (Å²) in [5, 5.41) is 56.7. The van der Waals surface area contributed by atoms with Gasteiger partial charge in [-0.1, -0.05) is 6.42 Å². The van der Waals surface area contributed by atoms with Crippen LogP contribution in [0, 0.1) is 0 Å². The molecule has 0 bridgehead atoms. The maximum Gasteiger partial charge on any atom is 0.303 e. The fourth-order valence-corrected chi connectivity index (χ4v) is 1.57. The van der Waals surface area contributed by atoms with E-state index in [1.54, 1.807) is 0 Å². The van der Waals surface area contributed by atoms with Gasteiger partial charge in [-0.05, 0) is 12.8 Å². The number of aliphatic hydroxyl groups is 5. The van der Waals surface area contributed by atoms with Crippen LogP contribution in [0.5, 0.6) is 0 Å². The first-order chi connectivity index (χ1) is 9.81. The Morgan fingerprint density at radius 1 is 0.952 bits per heavy atom. The number of carbonyl (C=O) groups excluding carboxylic acids is 1. The van der Waals surface area contributed by atoms with Gasteiger partial charge in [0.15, 0.2) is 6.10 Å². The molecule has 0 aliphatic heterocycles. The van der Waals surface area contributed by atoms with Crippen LogP contribution in [0.1, 0.15) is 25.7 Å². The Hall–Kier alpha value is -1.26. The molecule has 0 aromatic rings. The predicted octanol–water partition coefficient (Wildman–Crippen LogP) is -2.82. The second kappa shape index (κ2) is 10.5. The number of hydrogen-bond donors (Lipinski definition) is 7. The Kier molecular flexibility index (Phi) is 9.84. The molecule has 4 atom stereocenters. The van der Waals surface area contributed by atoms with E-state index in [1.807, 2.05) is 0 Å². The van der Waals surface area contributed by atoms with Crippen molar-refractivity contribution >= 4 is 11.9 Å². The Morgan fingerprint density at radius 2 is 1.57 bits per heavy atom. The molecule has 0 saturated carbocycles. The maximum absolute atomic E-state index is 11.5. The average Bonchev–Trinajstić information content (AvgIpc) is 2.46. The monoisotopic (exact) mass is 309 g/mol. The molecular weight excluding hydrogens is 286 g/mol. The highest BCUT2D eigenvalue weighted by atomic mass is 16.4. The van der Waals surface area contributed by atoms with E-state index in [0.717, 1.165) is 0 Å². The van der Waals surface area contributed by atoms with Crippen molar-refractivity contribution in [2.24, 2.45) is 0 Å². The second-order valence-electron chi connectivity index (χ2n) is 4.67. The molecule has 0 aliphatic rings. The zero-order valence-corrected chi connectivity index (χ0v) is 11.6. The van der Waals surface area contributed by atoms with Crippen molar-refractivity contribution in [2.75, 3.05) is 13.2 Å². The molecule has 0 aromatic carbocycles. The first-order valence-electron chi connectivity index (χ1n) is 6.63. The number of carboxylic acids is 1. The van der Waals surface area contributed by atoms with Crippen LogP contribution < -0.4 is 5.32 Å². The molecule has 4 unspecified atom stereocenters. The third kappa shape index (κ3) is 7.93. The van der Waals surface area contributed by atoms with Crippen LogP contribution in [0.2, 0.25) is 0 Å². The highest BCUT2D eigenvalue weighted by Crippen LogP contribution is 2.05. The number of aliphatic carboxylic acids is 1. The van der Waals surface area contributed by atoms with E-state index in [1.165, 1.54) is 0 Å². The standard InChI is InChI=1S/C12H23NO8/c14-6-7(15)9(18)10(19)11(20)12(21)13-5-3-1-2-4-8(16)17/h7,9-11,14-15,18-20H,1-6H2,(H,13,21)(H,16,17). The number of hydrogen-bond acceptors (Lipinski definition) is 7. The Labute approximate surface area is 121 Å². The van der Waals surface area contributed by atoms with Crippen molar-refractivity contribution in [1.82, 2.24) is 5.32 Å². The molecule has 7 N–H and O–H groups in total. The smallest absolute Gasteiger partial charge is 0.303 e. The molecule has 9 heteroatoms. The molecule has 9 nitrogen and oxygen atoms in total. The van der Waals surface area contributed by atoms with Gasteiger partial charge in [-0.25, -0.2) is 0 Å². The number of amides is 1. The maximum atomic E-state index is 11.5. The molecule has 0 aromatic heterocycles. The van der Waals surface area contributed by atoms with Gasteiger partial charge in [0.25, 0.3) is 5.91 Å². The molecule has 0 aliphatic carbocycles. The van der Waals surface area contributed by atoms with Crippen LogP contribution in [-0.2, 0) is 9.59 Å². The van der Waals surface area contributed by atoms with Crippen molar-refractivity contribution in [1.29, 1.82) is 0 Å². The van der Waals surface area contributed by atoms with E-state index in [4.69, 9.17) is 15.3 Å². The number of carbonyl (C=O) groups is 2. The SMILES string of the molecule is O=C(O)CCCCCNC(=O)C(O)C(O)C(O)C(O)CO. The van der Waals surface area contributed by atoms with Crippen LogP contribution >= 0.6 is 0 Å². The molecule has 21 heavy (non-hydrogen) atoms. The summed E-state index contributed by atoms with van der Waals surface area (Å²) in [6.45, 7) is -0.642. The first kappa shape index (κ1) is 19.7. The van der Waals surface area contributed by atoms with Crippen molar-refractivity contribution in [3.05, 3.63) is 0 Å². The summed E-state index contributed by atoms with van der Waals surface area (Å²) in [6, 6.07) is 0. The molecule has 0 spiro atoms. The number of aliphatic hydroxyl groups excluding tert-OH is 5. The van der Waals surface area contributed by atoms with Gasteiger partial charge in [-0.15, -0.1) is 0 Å². The lowest BCUT2D eigenvalue weighted by atomic mass is 10.0. The normalized spacial score (nSPS) is 16.8. The quantitative estimate of drug-likeness (QED) is 0.201. The lowest BCUT2D eigenvalue weighted by Gasteiger charge is -2.24. The van der Waals surface area contributed by atoms with Gasteiger partial charge >= 0.3 is 5.97 Å². The third-order valence-corrected chi connectivity index (χ3v) is 2.89. The molecule has 0 fully saturated rings. The number of unbranched alkanes of at least 4 members (excludes halogenated alkanes) is 2. The summed E-state index contributed by atoms with van der Waals surface area (Å²) in [6.07, 6.45) is -5.80. The second-order valence-corrected chi connectivity index (χ2v) is 4.67. The molecular formula is C12H23NO8. The Morgan fingerprint density at radius 3 is 2.10 bits per heavy atom. The van der Waals surface area contributed by atoms with E-state index in [0.29, 0.717) is 19.3 Å². The van der Waals surface area contributed by atoms with E-state index in [9.17, 15) is 24.9 Å². The van der Waals surface area contributed by atoms with Crippen molar-refractivity contribution in [3.8, 4) is 0 Å². The van der Waals surface area contributed by atoms with Gasteiger partial charge in [0, 0.05) is 13.0 Å². The summed E-state index contributed by atoms with van der Waals surface area (Å²) in [4.78, 5) is 21.7. The molecule has 1 amide bonds. The fourth-order valence-electron chi connectivity index (χ4n) is 1.57. The lowest BCUT2D eigenvalue weighted by molar-refractivity contribution is -0.149. The minimum absolute atomic E-state index is 0.0422. The van der Waals surface area contributed by atoms with Crippen molar-refractivity contribution in [2.45, 2.75) is 50.1 Å². The number of rotatable bonds is 11. The Balaban J connectivity index is 3.96. The Bertz CT molecular complexity index is 324. The summed E-state index contributed by atoms with van der Waals surface area (Å²) < 4.78 is 0.